The van der Waals surface area contributed by atoms with Gasteiger partial charge in [-0.15, -0.1) is 0 Å². The number of ether oxygens (including phenoxy) is 1. The Kier molecular flexibility index (Phi) is 6.36. The van der Waals surface area contributed by atoms with Crippen molar-refractivity contribution in [1.82, 2.24) is 14.5 Å². The van der Waals surface area contributed by atoms with Crippen molar-refractivity contribution in [3.8, 4) is 5.75 Å². The molecule has 0 fully saturated rings. The van der Waals surface area contributed by atoms with Crippen molar-refractivity contribution in [2.75, 3.05) is 12.4 Å². The minimum Gasteiger partial charge on any atom is -0.496 e. The third kappa shape index (κ3) is 4.34. The first kappa shape index (κ1) is 20.6. The molecule has 0 bridgehead atoms. The number of imidazole rings is 1. The van der Waals surface area contributed by atoms with E-state index in [-0.39, 0.29) is 5.56 Å². The summed E-state index contributed by atoms with van der Waals surface area (Å²) >= 11 is 0. The SMILES string of the molecule is CCCCCn1c(NCc2ncc(C)c(OC)c2C)nc2cc(C(=O)O)ccc21. The average Bonchev–Trinajstić information content (AvgIpc) is 3.04. The Bertz CT molecular complexity index is 1030. The molecule has 0 saturated heterocycles. The van der Waals surface area contributed by atoms with Gasteiger partial charge in [0.05, 0.1) is 35.9 Å². The number of unbranched alkanes of at least 4 members (excludes halogenated alkanes) is 2. The predicted octanol–water partition coefficient (Wildman–Crippen LogP) is 4.56. The molecular formula is C22H28N4O3. The highest BCUT2D eigenvalue weighted by Crippen LogP contribution is 2.26. The Morgan fingerprint density at radius 2 is 2.07 bits per heavy atom. The molecule has 2 heterocycles. The van der Waals surface area contributed by atoms with Gasteiger partial charge < -0.3 is 19.7 Å². The van der Waals surface area contributed by atoms with Gasteiger partial charge in [0, 0.05) is 23.9 Å². The molecule has 0 amide bonds. The van der Waals surface area contributed by atoms with Crippen LogP contribution in [0.15, 0.2) is 24.4 Å². The summed E-state index contributed by atoms with van der Waals surface area (Å²) in [4.78, 5) is 20.5. The second kappa shape index (κ2) is 8.94. The molecule has 2 N–H and O–H groups in total. The van der Waals surface area contributed by atoms with E-state index < -0.39 is 5.97 Å². The molecule has 3 rings (SSSR count). The van der Waals surface area contributed by atoms with E-state index in [9.17, 15) is 9.90 Å². The number of aryl methyl sites for hydroxylation is 2. The van der Waals surface area contributed by atoms with Crippen LogP contribution in [0.1, 0.15) is 53.4 Å². The topological polar surface area (TPSA) is 89.3 Å². The second-order valence-electron chi connectivity index (χ2n) is 7.20. The minimum atomic E-state index is -0.950. The molecular weight excluding hydrogens is 368 g/mol. The van der Waals surface area contributed by atoms with Gasteiger partial charge in [-0.1, -0.05) is 19.8 Å². The van der Waals surface area contributed by atoms with Crippen molar-refractivity contribution in [3.05, 3.63) is 46.8 Å². The van der Waals surface area contributed by atoms with Gasteiger partial charge in [-0.05, 0) is 38.5 Å². The standard InChI is InChI=1S/C22H28N4O3/c1-5-6-7-10-26-19-9-8-16(21(27)28)11-17(19)25-22(26)24-13-18-15(3)20(29-4)14(2)12-23-18/h8-9,11-12H,5-7,10,13H2,1-4H3,(H,24,25)(H,27,28). The highest BCUT2D eigenvalue weighted by atomic mass is 16.5. The maximum Gasteiger partial charge on any atom is 0.335 e. The molecule has 0 aliphatic heterocycles. The monoisotopic (exact) mass is 396 g/mol. The van der Waals surface area contributed by atoms with Crippen molar-refractivity contribution < 1.29 is 14.6 Å². The van der Waals surface area contributed by atoms with Gasteiger partial charge >= 0.3 is 5.97 Å². The molecule has 0 aliphatic rings. The quantitative estimate of drug-likeness (QED) is 0.516. The number of nitrogens with one attached hydrogen (secondary N) is 1. The maximum absolute atomic E-state index is 11.3. The van der Waals surface area contributed by atoms with Gasteiger partial charge in [0.15, 0.2) is 0 Å². The average molecular weight is 396 g/mol. The number of carboxylic acid groups (broad SMARTS) is 1. The van der Waals surface area contributed by atoms with Crippen molar-refractivity contribution in [3.63, 3.8) is 0 Å². The molecule has 0 aliphatic carbocycles. The summed E-state index contributed by atoms with van der Waals surface area (Å²) in [5.41, 5.74) is 4.74. The molecule has 3 aromatic rings. The summed E-state index contributed by atoms with van der Waals surface area (Å²) in [6.45, 7) is 7.47. The lowest BCUT2D eigenvalue weighted by molar-refractivity contribution is 0.0697. The Labute approximate surface area is 170 Å². The molecule has 0 radical (unpaired) electrons. The molecule has 0 unspecified atom stereocenters. The number of aromatic nitrogens is 3. The molecule has 7 heteroatoms. The number of aromatic carboxylic acids is 1. The second-order valence-corrected chi connectivity index (χ2v) is 7.20. The first-order chi connectivity index (χ1) is 14.0. The van der Waals surface area contributed by atoms with Gasteiger partial charge in [0.1, 0.15) is 5.75 Å². The van der Waals surface area contributed by atoms with Crippen molar-refractivity contribution >= 4 is 23.0 Å². The molecule has 2 aromatic heterocycles. The van der Waals surface area contributed by atoms with Crippen molar-refractivity contribution in [2.24, 2.45) is 0 Å². The van der Waals surface area contributed by atoms with Crippen molar-refractivity contribution in [2.45, 2.75) is 53.1 Å². The molecule has 0 saturated carbocycles. The highest BCUT2D eigenvalue weighted by molar-refractivity contribution is 5.93. The van der Waals surface area contributed by atoms with Crippen LogP contribution < -0.4 is 10.1 Å². The van der Waals surface area contributed by atoms with Crippen LogP contribution in [0.3, 0.4) is 0 Å². The number of carboxylic acids is 1. The van der Waals surface area contributed by atoms with E-state index in [2.05, 4.69) is 26.8 Å². The largest absolute Gasteiger partial charge is 0.496 e. The zero-order valence-corrected chi connectivity index (χ0v) is 17.5. The maximum atomic E-state index is 11.3. The van der Waals surface area contributed by atoms with Gasteiger partial charge in [-0.3, -0.25) is 4.98 Å². The lowest BCUT2D eigenvalue weighted by Crippen LogP contribution is -2.10. The summed E-state index contributed by atoms with van der Waals surface area (Å²) in [5.74, 6) is 0.618. The number of benzene rings is 1. The number of rotatable bonds is 9. The third-order valence-corrected chi connectivity index (χ3v) is 5.14. The fourth-order valence-corrected chi connectivity index (χ4v) is 3.56. The molecule has 1 aromatic carbocycles. The number of pyridine rings is 1. The fourth-order valence-electron chi connectivity index (χ4n) is 3.56. The number of carbonyl (C=O) groups is 1. The normalized spacial score (nSPS) is 11.0. The fraction of sp³-hybridized carbons (Fsp3) is 0.409. The zero-order valence-electron chi connectivity index (χ0n) is 17.5. The smallest absolute Gasteiger partial charge is 0.335 e. The number of nitrogens with zero attached hydrogens (tertiary/aromatic N) is 3. The van der Waals surface area contributed by atoms with E-state index in [1.165, 1.54) is 0 Å². The highest BCUT2D eigenvalue weighted by Gasteiger charge is 2.15. The zero-order chi connectivity index (χ0) is 21.0. The van der Waals surface area contributed by atoms with E-state index in [0.717, 1.165) is 59.8 Å². The van der Waals surface area contributed by atoms with Crippen LogP contribution in [0.2, 0.25) is 0 Å². The first-order valence-electron chi connectivity index (χ1n) is 9.92. The summed E-state index contributed by atoms with van der Waals surface area (Å²) in [6, 6.07) is 5.09. The van der Waals surface area contributed by atoms with Gasteiger partial charge in [-0.25, -0.2) is 9.78 Å². The summed E-state index contributed by atoms with van der Waals surface area (Å²) in [6.07, 6.45) is 5.10. The van der Waals surface area contributed by atoms with Crippen LogP contribution >= 0.6 is 0 Å². The van der Waals surface area contributed by atoms with Gasteiger partial charge in [0.2, 0.25) is 5.95 Å². The Hall–Kier alpha value is -3.09. The van der Waals surface area contributed by atoms with Crippen LogP contribution in [0.25, 0.3) is 11.0 Å². The van der Waals surface area contributed by atoms with E-state index in [1.54, 1.807) is 19.2 Å². The van der Waals surface area contributed by atoms with Crippen LogP contribution in [-0.2, 0) is 13.1 Å². The summed E-state index contributed by atoms with van der Waals surface area (Å²) < 4.78 is 7.62. The Morgan fingerprint density at radius 1 is 1.28 bits per heavy atom. The lowest BCUT2D eigenvalue weighted by Gasteiger charge is -2.14. The summed E-state index contributed by atoms with van der Waals surface area (Å²) in [7, 11) is 1.67. The van der Waals surface area contributed by atoms with Crippen LogP contribution in [0.4, 0.5) is 5.95 Å². The molecule has 154 valence electrons. The summed E-state index contributed by atoms with van der Waals surface area (Å²) in [5, 5.41) is 12.7. The van der Waals surface area contributed by atoms with Crippen molar-refractivity contribution in [1.29, 1.82) is 0 Å². The predicted molar refractivity (Wildman–Crippen MR) is 114 cm³/mol. The minimum absolute atomic E-state index is 0.239. The van der Waals surface area contributed by atoms with Crippen LogP contribution in [0.5, 0.6) is 5.75 Å². The Balaban J connectivity index is 1.92. The number of anilines is 1. The first-order valence-corrected chi connectivity index (χ1v) is 9.92. The number of hydrogen-bond donors (Lipinski definition) is 2. The number of fused-ring (bicyclic) bond motifs is 1. The molecule has 0 spiro atoms. The van der Waals surface area contributed by atoms with Crippen LogP contribution in [-0.4, -0.2) is 32.7 Å². The number of methoxy groups -OCH3 is 1. The van der Waals surface area contributed by atoms with E-state index in [1.807, 2.05) is 26.1 Å². The molecule has 29 heavy (non-hydrogen) atoms. The van der Waals surface area contributed by atoms with Gasteiger partial charge in [0.25, 0.3) is 0 Å². The third-order valence-electron chi connectivity index (χ3n) is 5.14. The Morgan fingerprint density at radius 3 is 2.76 bits per heavy atom. The molecule has 7 nitrogen and oxygen atoms in total. The lowest BCUT2D eigenvalue weighted by atomic mass is 10.1. The number of hydrogen-bond acceptors (Lipinski definition) is 5. The molecule has 0 atom stereocenters. The van der Waals surface area contributed by atoms with E-state index in [4.69, 9.17) is 4.74 Å². The van der Waals surface area contributed by atoms with E-state index >= 15 is 0 Å². The van der Waals surface area contributed by atoms with E-state index in [0.29, 0.717) is 12.1 Å². The van der Waals surface area contributed by atoms with Gasteiger partial charge in [-0.2, -0.15) is 0 Å². The van der Waals surface area contributed by atoms with Crippen LogP contribution in [0, 0.1) is 13.8 Å².